The second-order valence-corrected chi connectivity index (χ2v) is 8.88. The summed E-state index contributed by atoms with van der Waals surface area (Å²) in [6.45, 7) is 3.70. The van der Waals surface area contributed by atoms with Gasteiger partial charge in [-0.05, 0) is 55.8 Å². The maximum absolute atomic E-state index is 14.8. The van der Waals surface area contributed by atoms with E-state index in [4.69, 9.17) is 4.74 Å². The van der Waals surface area contributed by atoms with Crippen molar-refractivity contribution in [2.45, 2.75) is 13.8 Å². The average Bonchev–Trinajstić information content (AvgIpc) is 2.86. The average molecular weight is 584 g/mol. The van der Waals surface area contributed by atoms with Crippen molar-refractivity contribution in [3.63, 3.8) is 0 Å². The quantitative estimate of drug-likeness (QED) is 0.324. The summed E-state index contributed by atoms with van der Waals surface area (Å²) in [5.41, 5.74) is -0.456. The fourth-order valence-corrected chi connectivity index (χ4v) is 3.75. The fraction of sp³-hybridized carbons (Fsp3) is 0.115. The van der Waals surface area contributed by atoms with Crippen LogP contribution in [-0.2, 0) is 0 Å². The number of nitrogens with zero attached hydrogens (tertiary/aromatic N) is 3. The molecule has 194 valence electrons. The van der Waals surface area contributed by atoms with Gasteiger partial charge in [0, 0.05) is 41.1 Å². The Balaban J connectivity index is 1.54. The van der Waals surface area contributed by atoms with Crippen molar-refractivity contribution >= 4 is 33.4 Å². The molecule has 12 heteroatoms. The predicted octanol–water partition coefficient (Wildman–Crippen LogP) is 4.77. The van der Waals surface area contributed by atoms with Crippen LogP contribution >= 0.6 is 15.9 Å². The van der Waals surface area contributed by atoms with E-state index in [9.17, 15) is 23.2 Å². The number of amides is 2. The zero-order valence-electron chi connectivity index (χ0n) is 20.1. The van der Waals surface area contributed by atoms with Gasteiger partial charge in [0.1, 0.15) is 22.9 Å². The molecule has 0 saturated heterocycles. The molecule has 2 amide bonds. The zero-order valence-corrected chi connectivity index (χ0v) is 21.7. The third-order valence-corrected chi connectivity index (χ3v) is 5.69. The molecule has 2 aromatic carbocycles. The van der Waals surface area contributed by atoms with E-state index in [-0.39, 0.29) is 39.8 Å². The molecule has 2 heterocycles. The van der Waals surface area contributed by atoms with Crippen LogP contribution in [0.25, 0.3) is 5.69 Å². The van der Waals surface area contributed by atoms with Crippen LogP contribution in [-0.4, -0.2) is 33.1 Å². The van der Waals surface area contributed by atoms with Gasteiger partial charge in [0.25, 0.3) is 17.4 Å². The van der Waals surface area contributed by atoms with Gasteiger partial charge in [-0.3, -0.25) is 19.4 Å². The van der Waals surface area contributed by atoms with Gasteiger partial charge in [-0.1, -0.05) is 15.9 Å². The van der Waals surface area contributed by atoms with E-state index in [0.717, 1.165) is 16.8 Å². The molecule has 0 aliphatic heterocycles. The van der Waals surface area contributed by atoms with Crippen LogP contribution in [0.1, 0.15) is 33.5 Å². The standard InChI is InChI=1S/C26H20BrF2N5O4/c1-3-30-25(36)20-13-17(8-9-31-20)38-22-7-5-16(12-19(22)29)32-26(37)24-14(2)10-23(35)34(33-24)21-6-4-15(27)11-18(21)28/h4-13H,3H2,1-2H3,(H,30,36)(H,32,37). The van der Waals surface area contributed by atoms with Crippen molar-refractivity contribution in [2.75, 3.05) is 11.9 Å². The molecule has 0 saturated carbocycles. The van der Waals surface area contributed by atoms with Crippen molar-refractivity contribution in [2.24, 2.45) is 0 Å². The number of carbonyl (C=O) groups excluding carboxylic acids is 2. The van der Waals surface area contributed by atoms with E-state index in [1.165, 1.54) is 55.6 Å². The first-order valence-corrected chi connectivity index (χ1v) is 12.0. The Hall–Kier alpha value is -4.45. The highest BCUT2D eigenvalue weighted by molar-refractivity contribution is 9.10. The van der Waals surface area contributed by atoms with E-state index in [2.05, 4.69) is 36.6 Å². The van der Waals surface area contributed by atoms with Crippen molar-refractivity contribution in [1.29, 1.82) is 0 Å². The lowest BCUT2D eigenvalue weighted by Crippen LogP contribution is -2.27. The van der Waals surface area contributed by atoms with Gasteiger partial charge in [0.15, 0.2) is 17.3 Å². The topological polar surface area (TPSA) is 115 Å². The van der Waals surface area contributed by atoms with Crippen LogP contribution < -0.4 is 20.9 Å². The van der Waals surface area contributed by atoms with E-state index in [1.54, 1.807) is 6.92 Å². The van der Waals surface area contributed by atoms with E-state index in [1.807, 2.05) is 0 Å². The van der Waals surface area contributed by atoms with Gasteiger partial charge >= 0.3 is 0 Å². The molecular weight excluding hydrogens is 564 g/mol. The van der Waals surface area contributed by atoms with Crippen molar-refractivity contribution < 1.29 is 23.1 Å². The summed E-state index contributed by atoms with van der Waals surface area (Å²) in [5.74, 6) is -2.58. The van der Waals surface area contributed by atoms with Crippen LogP contribution in [0, 0.1) is 18.6 Å². The minimum atomic E-state index is -0.786. The van der Waals surface area contributed by atoms with Crippen molar-refractivity contribution in [3.8, 4) is 17.2 Å². The summed E-state index contributed by atoms with van der Waals surface area (Å²) in [5, 5.41) is 9.17. The number of hydrogen-bond acceptors (Lipinski definition) is 6. The Morgan fingerprint density at radius 3 is 2.53 bits per heavy atom. The monoisotopic (exact) mass is 583 g/mol. The van der Waals surface area contributed by atoms with Crippen LogP contribution in [0.15, 0.2) is 70.1 Å². The summed E-state index contributed by atoms with van der Waals surface area (Å²) in [6, 6.07) is 11.8. The lowest BCUT2D eigenvalue weighted by molar-refractivity contribution is 0.0949. The Labute approximate surface area is 223 Å². The minimum absolute atomic E-state index is 0.0892. The lowest BCUT2D eigenvalue weighted by atomic mass is 10.2. The van der Waals surface area contributed by atoms with E-state index < -0.39 is 29.0 Å². The number of aromatic nitrogens is 3. The van der Waals surface area contributed by atoms with E-state index >= 15 is 0 Å². The molecule has 2 N–H and O–H groups in total. The first-order valence-electron chi connectivity index (χ1n) is 11.3. The third-order valence-electron chi connectivity index (χ3n) is 5.19. The highest BCUT2D eigenvalue weighted by atomic mass is 79.9. The van der Waals surface area contributed by atoms with Gasteiger partial charge in [0.2, 0.25) is 0 Å². The molecular formula is C26H20BrF2N5O4. The fourth-order valence-electron chi connectivity index (χ4n) is 3.42. The van der Waals surface area contributed by atoms with Crippen LogP contribution in [0.5, 0.6) is 11.5 Å². The van der Waals surface area contributed by atoms with Crippen LogP contribution in [0.3, 0.4) is 0 Å². The maximum atomic E-state index is 14.8. The SMILES string of the molecule is CCNC(=O)c1cc(Oc2ccc(NC(=O)c3nn(-c4ccc(Br)cc4F)c(=O)cc3C)cc2F)ccn1. The van der Waals surface area contributed by atoms with E-state index in [0.29, 0.717) is 11.0 Å². The number of carbonyl (C=O) groups is 2. The van der Waals surface area contributed by atoms with Crippen LogP contribution in [0.4, 0.5) is 14.5 Å². The molecule has 4 rings (SSSR count). The number of hydrogen-bond donors (Lipinski definition) is 2. The number of ether oxygens (including phenoxy) is 1. The maximum Gasteiger partial charge on any atom is 0.276 e. The summed E-state index contributed by atoms with van der Waals surface area (Å²) in [7, 11) is 0. The summed E-state index contributed by atoms with van der Waals surface area (Å²) in [6.07, 6.45) is 1.36. The Morgan fingerprint density at radius 1 is 1.03 bits per heavy atom. The van der Waals surface area contributed by atoms with Gasteiger partial charge in [-0.2, -0.15) is 9.78 Å². The molecule has 38 heavy (non-hydrogen) atoms. The second-order valence-electron chi connectivity index (χ2n) is 7.96. The molecule has 0 atom stereocenters. The highest BCUT2D eigenvalue weighted by Crippen LogP contribution is 2.27. The highest BCUT2D eigenvalue weighted by Gasteiger charge is 2.18. The summed E-state index contributed by atoms with van der Waals surface area (Å²) in [4.78, 5) is 41.3. The number of aryl methyl sites for hydroxylation is 1. The molecule has 0 unspecified atom stereocenters. The molecule has 9 nitrogen and oxygen atoms in total. The number of benzene rings is 2. The number of pyridine rings is 1. The molecule has 0 spiro atoms. The third kappa shape index (κ3) is 5.92. The van der Waals surface area contributed by atoms with Gasteiger partial charge in [-0.25, -0.2) is 8.78 Å². The number of anilines is 1. The Kier molecular flexibility index (Phi) is 7.91. The van der Waals surface area contributed by atoms with Crippen molar-refractivity contribution in [3.05, 3.63) is 104 Å². The summed E-state index contributed by atoms with van der Waals surface area (Å²) >= 11 is 3.15. The number of rotatable bonds is 7. The summed E-state index contributed by atoms with van der Waals surface area (Å²) < 4.78 is 36.0. The van der Waals surface area contributed by atoms with Gasteiger partial charge < -0.3 is 15.4 Å². The Morgan fingerprint density at radius 2 is 1.82 bits per heavy atom. The smallest absolute Gasteiger partial charge is 0.276 e. The molecule has 0 radical (unpaired) electrons. The first-order chi connectivity index (χ1) is 18.2. The first kappa shape index (κ1) is 26.6. The molecule has 0 aliphatic carbocycles. The number of nitrogens with one attached hydrogen (secondary N) is 2. The zero-order chi connectivity index (χ0) is 27.4. The van der Waals surface area contributed by atoms with Gasteiger partial charge in [0.05, 0.1) is 0 Å². The normalized spacial score (nSPS) is 10.7. The van der Waals surface area contributed by atoms with Crippen molar-refractivity contribution in [1.82, 2.24) is 20.1 Å². The second kappa shape index (κ2) is 11.3. The molecule has 0 fully saturated rings. The van der Waals surface area contributed by atoms with Gasteiger partial charge in [-0.15, -0.1) is 0 Å². The molecule has 0 bridgehead atoms. The van der Waals surface area contributed by atoms with Crippen LogP contribution in [0.2, 0.25) is 0 Å². The Bertz CT molecular complexity index is 1610. The lowest BCUT2D eigenvalue weighted by Gasteiger charge is -2.12. The largest absolute Gasteiger partial charge is 0.454 e. The molecule has 4 aromatic rings. The minimum Gasteiger partial charge on any atom is -0.454 e. The predicted molar refractivity (Wildman–Crippen MR) is 139 cm³/mol. The number of halogens is 3. The molecule has 2 aromatic heterocycles. The molecule has 0 aliphatic rings.